The topological polar surface area (TPSA) is 93.1 Å². The molecule has 0 radical (unpaired) electrons. The molecule has 0 unspecified atom stereocenters. The fourth-order valence-electron chi connectivity index (χ4n) is 3.59. The van der Waals surface area contributed by atoms with Gasteiger partial charge < -0.3 is 14.5 Å². The maximum absolute atomic E-state index is 12.7. The quantitative estimate of drug-likeness (QED) is 0.275. The Balaban J connectivity index is 1.72. The van der Waals surface area contributed by atoms with Crippen LogP contribution in [0.5, 0.6) is 5.75 Å². The number of aromatic nitrogens is 2. The molecule has 0 saturated heterocycles. The number of hydrogen-bond acceptors (Lipinski definition) is 5. The second-order valence-corrected chi connectivity index (χ2v) is 8.29. The van der Waals surface area contributed by atoms with E-state index in [1.165, 1.54) is 6.26 Å². The first-order valence-corrected chi connectivity index (χ1v) is 11.3. The molecule has 0 atom stereocenters. The van der Waals surface area contributed by atoms with Crippen LogP contribution in [0.25, 0.3) is 23.0 Å². The zero-order valence-corrected chi connectivity index (χ0v) is 19.9. The van der Waals surface area contributed by atoms with Gasteiger partial charge in [0, 0.05) is 17.3 Å². The first-order valence-electron chi connectivity index (χ1n) is 11.3. The average Bonchev–Trinajstić information content (AvgIpc) is 3.53. The smallest absolute Gasteiger partial charge is 0.262 e. The van der Waals surface area contributed by atoms with Crippen LogP contribution in [0.3, 0.4) is 0 Å². The molecular formula is C28H26N4O3. The second kappa shape index (κ2) is 10.6. The van der Waals surface area contributed by atoms with Crippen molar-refractivity contribution in [3.05, 3.63) is 95.6 Å². The van der Waals surface area contributed by atoms with E-state index in [9.17, 15) is 10.1 Å². The fourth-order valence-corrected chi connectivity index (χ4v) is 3.59. The molecule has 0 aliphatic heterocycles. The van der Waals surface area contributed by atoms with E-state index < -0.39 is 5.91 Å². The van der Waals surface area contributed by atoms with Crippen molar-refractivity contribution in [2.24, 2.45) is 0 Å². The molecule has 4 aromatic rings. The molecule has 7 heteroatoms. The Morgan fingerprint density at radius 2 is 2.00 bits per heavy atom. The molecule has 2 aromatic carbocycles. The van der Waals surface area contributed by atoms with Crippen LogP contribution in [0, 0.1) is 18.3 Å². The number of carbonyl (C=O) groups is 1. The van der Waals surface area contributed by atoms with E-state index in [0.29, 0.717) is 17.0 Å². The van der Waals surface area contributed by atoms with Gasteiger partial charge in [0.05, 0.1) is 24.6 Å². The third kappa shape index (κ3) is 5.68. The summed E-state index contributed by atoms with van der Waals surface area (Å²) >= 11 is 0. The molecule has 0 aliphatic rings. The largest absolute Gasteiger partial charge is 0.491 e. The molecule has 1 amide bonds. The number of ether oxygens (including phenoxy) is 1. The Hall–Kier alpha value is -4.57. The van der Waals surface area contributed by atoms with Crippen LogP contribution >= 0.6 is 0 Å². The summed E-state index contributed by atoms with van der Waals surface area (Å²) in [6, 6.07) is 21.0. The summed E-state index contributed by atoms with van der Waals surface area (Å²) in [4.78, 5) is 12.7. The number of amides is 1. The number of carbonyl (C=O) groups excluding carboxylic acids is 1. The molecule has 4 rings (SSSR count). The van der Waals surface area contributed by atoms with Crippen molar-refractivity contribution in [3.8, 4) is 28.8 Å². The van der Waals surface area contributed by atoms with Crippen LogP contribution < -0.4 is 10.1 Å². The van der Waals surface area contributed by atoms with Gasteiger partial charge in [0.25, 0.3) is 5.91 Å². The highest BCUT2D eigenvalue weighted by molar-refractivity contribution is 6.02. The van der Waals surface area contributed by atoms with Gasteiger partial charge in [-0.3, -0.25) is 4.79 Å². The monoisotopic (exact) mass is 466 g/mol. The summed E-state index contributed by atoms with van der Waals surface area (Å²) in [5.74, 6) is 0.921. The lowest BCUT2D eigenvalue weighted by molar-refractivity contribution is -0.117. The minimum absolute atomic E-state index is 0.0260. The number of hydrogen-bond donors (Lipinski definition) is 1. The molecule has 0 bridgehead atoms. The Morgan fingerprint density at radius 3 is 2.66 bits per heavy atom. The number of furan rings is 1. The van der Waals surface area contributed by atoms with Crippen LogP contribution in [0.4, 0.5) is 0 Å². The average molecular weight is 467 g/mol. The molecule has 0 aliphatic carbocycles. The summed E-state index contributed by atoms with van der Waals surface area (Å²) in [7, 11) is 0. The number of para-hydroxylation sites is 1. The Bertz CT molecular complexity index is 1380. The van der Waals surface area contributed by atoms with Crippen LogP contribution in [0.2, 0.25) is 0 Å². The lowest BCUT2D eigenvalue weighted by Crippen LogP contribution is -2.23. The van der Waals surface area contributed by atoms with Crippen molar-refractivity contribution in [2.75, 3.05) is 0 Å². The minimum atomic E-state index is -0.487. The number of nitrogens with zero attached hydrogens (tertiary/aromatic N) is 3. The Morgan fingerprint density at radius 1 is 1.20 bits per heavy atom. The fraction of sp³-hybridized carbons (Fsp3) is 0.179. The molecular weight excluding hydrogens is 440 g/mol. The van der Waals surface area contributed by atoms with E-state index >= 15 is 0 Å². The third-order valence-corrected chi connectivity index (χ3v) is 5.24. The van der Waals surface area contributed by atoms with Gasteiger partial charge in [-0.05, 0) is 74.9 Å². The van der Waals surface area contributed by atoms with Gasteiger partial charge in [-0.1, -0.05) is 18.2 Å². The first-order chi connectivity index (χ1) is 16.9. The standard InChI is InChI=1S/C28H26N4O3/c1-19(2)35-26-12-11-21(14-20(26)3)27-23(18-32(31-27)24-8-5-4-6-9-24)15-22(16-29)28(33)30-17-25-10-7-13-34-25/h4-15,18-19H,17H2,1-3H3,(H,30,33)/b22-15+. The van der Waals surface area contributed by atoms with Crippen molar-refractivity contribution in [1.82, 2.24) is 15.1 Å². The Labute approximate surface area is 204 Å². The van der Waals surface area contributed by atoms with E-state index in [1.54, 1.807) is 22.9 Å². The molecule has 176 valence electrons. The summed E-state index contributed by atoms with van der Waals surface area (Å²) in [6.07, 6.45) is 4.97. The molecule has 2 aromatic heterocycles. The van der Waals surface area contributed by atoms with E-state index in [2.05, 4.69) is 5.32 Å². The van der Waals surface area contributed by atoms with Gasteiger partial charge in [-0.25, -0.2) is 4.68 Å². The summed E-state index contributed by atoms with van der Waals surface area (Å²) in [6.45, 7) is 6.14. The minimum Gasteiger partial charge on any atom is -0.491 e. The highest BCUT2D eigenvalue weighted by Gasteiger charge is 2.16. The molecule has 2 heterocycles. The first kappa shape index (κ1) is 23.6. The lowest BCUT2D eigenvalue weighted by Gasteiger charge is -2.13. The van der Waals surface area contributed by atoms with Gasteiger partial charge in [0.15, 0.2) is 0 Å². The molecule has 0 saturated carbocycles. The van der Waals surface area contributed by atoms with E-state index in [1.807, 2.05) is 81.6 Å². The number of benzene rings is 2. The van der Waals surface area contributed by atoms with Crippen molar-refractivity contribution < 1.29 is 13.9 Å². The number of nitrogens with one attached hydrogen (secondary N) is 1. The third-order valence-electron chi connectivity index (χ3n) is 5.24. The predicted molar refractivity (Wildman–Crippen MR) is 134 cm³/mol. The summed E-state index contributed by atoms with van der Waals surface area (Å²) in [5, 5.41) is 17.2. The van der Waals surface area contributed by atoms with Crippen molar-refractivity contribution in [1.29, 1.82) is 5.26 Å². The van der Waals surface area contributed by atoms with Gasteiger partial charge in [-0.2, -0.15) is 10.4 Å². The van der Waals surface area contributed by atoms with E-state index in [0.717, 1.165) is 22.6 Å². The van der Waals surface area contributed by atoms with Crippen molar-refractivity contribution in [2.45, 2.75) is 33.4 Å². The second-order valence-electron chi connectivity index (χ2n) is 8.29. The number of nitriles is 1. The highest BCUT2D eigenvalue weighted by Crippen LogP contribution is 2.30. The summed E-state index contributed by atoms with van der Waals surface area (Å²) < 4.78 is 12.9. The molecule has 1 N–H and O–H groups in total. The van der Waals surface area contributed by atoms with Crippen LogP contribution in [0.1, 0.15) is 30.7 Å². The molecule has 0 spiro atoms. The SMILES string of the molecule is Cc1cc(-c2nn(-c3ccccc3)cc2/C=C(\C#N)C(=O)NCc2ccco2)ccc1OC(C)C. The maximum atomic E-state index is 12.7. The van der Waals surface area contributed by atoms with Gasteiger partial charge >= 0.3 is 0 Å². The van der Waals surface area contributed by atoms with Crippen LogP contribution in [-0.2, 0) is 11.3 Å². The van der Waals surface area contributed by atoms with E-state index in [-0.39, 0.29) is 18.2 Å². The highest BCUT2D eigenvalue weighted by atomic mass is 16.5. The van der Waals surface area contributed by atoms with Crippen molar-refractivity contribution in [3.63, 3.8) is 0 Å². The number of aryl methyl sites for hydroxylation is 1. The van der Waals surface area contributed by atoms with Crippen LogP contribution in [-0.4, -0.2) is 21.8 Å². The molecule has 7 nitrogen and oxygen atoms in total. The van der Waals surface area contributed by atoms with Gasteiger partial charge in [-0.15, -0.1) is 0 Å². The number of rotatable bonds is 8. The van der Waals surface area contributed by atoms with Crippen molar-refractivity contribution >= 4 is 12.0 Å². The van der Waals surface area contributed by atoms with Crippen LogP contribution in [0.15, 0.2) is 83.1 Å². The summed E-state index contributed by atoms with van der Waals surface area (Å²) in [5.41, 5.74) is 3.97. The van der Waals surface area contributed by atoms with Gasteiger partial charge in [0.1, 0.15) is 28.8 Å². The predicted octanol–water partition coefficient (Wildman–Crippen LogP) is 5.45. The molecule has 35 heavy (non-hydrogen) atoms. The normalized spacial score (nSPS) is 11.3. The van der Waals surface area contributed by atoms with E-state index in [4.69, 9.17) is 14.3 Å². The lowest BCUT2D eigenvalue weighted by atomic mass is 10.0. The zero-order chi connectivity index (χ0) is 24.8. The maximum Gasteiger partial charge on any atom is 0.262 e. The Kier molecular flexibility index (Phi) is 7.12. The van der Waals surface area contributed by atoms with Gasteiger partial charge in [0.2, 0.25) is 0 Å². The molecule has 0 fully saturated rings. The zero-order valence-electron chi connectivity index (χ0n) is 19.9.